The van der Waals surface area contributed by atoms with Crippen LogP contribution in [-0.4, -0.2) is 38.6 Å². The zero-order valence-corrected chi connectivity index (χ0v) is 14.2. The predicted molar refractivity (Wildman–Crippen MR) is 90.8 cm³/mol. The third kappa shape index (κ3) is 5.63. The van der Waals surface area contributed by atoms with Gasteiger partial charge in [-0.2, -0.15) is 4.72 Å². The molecule has 8 heteroatoms. The van der Waals surface area contributed by atoms with Crippen molar-refractivity contribution in [2.75, 3.05) is 13.2 Å². The van der Waals surface area contributed by atoms with Crippen LogP contribution >= 0.6 is 0 Å². The van der Waals surface area contributed by atoms with E-state index < -0.39 is 27.8 Å². The van der Waals surface area contributed by atoms with E-state index in [0.29, 0.717) is 0 Å². The third-order valence-electron chi connectivity index (χ3n) is 3.43. The lowest BCUT2D eigenvalue weighted by Gasteiger charge is -2.18. The van der Waals surface area contributed by atoms with E-state index in [4.69, 9.17) is 5.11 Å². The van der Waals surface area contributed by atoms with Crippen LogP contribution in [0.4, 0.5) is 4.39 Å². The zero-order valence-electron chi connectivity index (χ0n) is 13.4. The number of carbonyl (C=O) groups is 1. The maximum absolute atomic E-state index is 13.0. The summed E-state index contributed by atoms with van der Waals surface area (Å²) in [7, 11) is -4.01. The molecule has 0 bridgehead atoms. The number of sulfonamides is 1. The first kappa shape index (κ1) is 19.0. The highest BCUT2D eigenvalue weighted by Gasteiger charge is 2.25. The molecule has 2 rings (SSSR count). The Bertz CT molecular complexity index is 795. The fraction of sp³-hybridized carbons (Fsp3) is 0.235. The number of amides is 1. The summed E-state index contributed by atoms with van der Waals surface area (Å²) < 4.78 is 40.3. The molecular formula is C17H19FN2O4S. The number of carbonyl (C=O) groups excluding carboxylic acids is 1. The number of aliphatic hydroxyl groups excluding tert-OH is 1. The second-order valence-corrected chi connectivity index (χ2v) is 7.05. The average Bonchev–Trinajstić information content (AvgIpc) is 2.60. The normalized spacial score (nSPS) is 12.6. The average molecular weight is 366 g/mol. The van der Waals surface area contributed by atoms with Gasteiger partial charge in [0.25, 0.3) is 0 Å². The largest absolute Gasteiger partial charge is 0.395 e. The molecule has 0 heterocycles. The van der Waals surface area contributed by atoms with E-state index in [9.17, 15) is 17.6 Å². The van der Waals surface area contributed by atoms with Crippen LogP contribution in [0.2, 0.25) is 0 Å². The Kier molecular flexibility index (Phi) is 6.63. The number of hydrogen-bond acceptors (Lipinski definition) is 4. The topological polar surface area (TPSA) is 95.5 Å². The Hall–Kier alpha value is -2.29. The summed E-state index contributed by atoms with van der Waals surface area (Å²) in [5.74, 6) is -1.11. The second kappa shape index (κ2) is 8.70. The van der Waals surface area contributed by atoms with Crippen LogP contribution in [0.5, 0.6) is 0 Å². The van der Waals surface area contributed by atoms with Gasteiger partial charge in [-0.05, 0) is 36.2 Å². The number of nitrogens with one attached hydrogen (secondary N) is 2. The van der Waals surface area contributed by atoms with Gasteiger partial charge in [0, 0.05) is 6.54 Å². The van der Waals surface area contributed by atoms with Gasteiger partial charge < -0.3 is 10.4 Å². The molecule has 0 spiro atoms. The molecule has 134 valence electrons. The summed E-state index contributed by atoms with van der Waals surface area (Å²) in [6.45, 7) is -0.239. The van der Waals surface area contributed by atoms with Crippen molar-refractivity contribution in [1.82, 2.24) is 10.0 Å². The van der Waals surface area contributed by atoms with Crippen LogP contribution in [0.15, 0.2) is 59.5 Å². The molecule has 0 aliphatic carbocycles. The number of aliphatic hydroxyl groups is 1. The maximum Gasteiger partial charge on any atom is 0.241 e. The van der Waals surface area contributed by atoms with Crippen LogP contribution < -0.4 is 10.0 Å². The standard InChI is InChI=1S/C17H19FN2O4S/c18-14-6-8-15(9-7-14)25(23,24)20-16(17(22)19-10-11-21)12-13-4-2-1-3-5-13/h1-9,16,20-21H,10-12H2,(H,19,22)/t16-/m1/s1. The Morgan fingerprint density at radius 3 is 2.32 bits per heavy atom. The van der Waals surface area contributed by atoms with E-state index in [0.717, 1.165) is 29.8 Å². The minimum Gasteiger partial charge on any atom is -0.395 e. The Morgan fingerprint density at radius 2 is 1.72 bits per heavy atom. The van der Waals surface area contributed by atoms with Gasteiger partial charge in [-0.1, -0.05) is 30.3 Å². The van der Waals surface area contributed by atoms with Crippen molar-refractivity contribution >= 4 is 15.9 Å². The summed E-state index contributed by atoms with van der Waals surface area (Å²) in [6.07, 6.45) is 0.137. The first-order valence-electron chi connectivity index (χ1n) is 7.63. The van der Waals surface area contributed by atoms with Crippen LogP contribution in [0.25, 0.3) is 0 Å². The van der Waals surface area contributed by atoms with E-state index in [1.807, 2.05) is 6.07 Å². The summed E-state index contributed by atoms with van der Waals surface area (Å²) >= 11 is 0. The molecule has 25 heavy (non-hydrogen) atoms. The lowest BCUT2D eigenvalue weighted by atomic mass is 10.1. The van der Waals surface area contributed by atoms with E-state index in [1.54, 1.807) is 24.3 Å². The van der Waals surface area contributed by atoms with Gasteiger partial charge in [0.1, 0.15) is 11.9 Å². The molecule has 1 amide bonds. The summed E-state index contributed by atoms with van der Waals surface area (Å²) in [5, 5.41) is 11.3. The molecule has 0 aromatic heterocycles. The molecule has 0 unspecified atom stereocenters. The molecule has 2 aromatic rings. The number of rotatable bonds is 8. The molecule has 6 nitrogen and oxygen atoms in total. The van der Waals surface area contributed by atoms with Crippen molar-refractivity contribution in [3.8, 4) is 0 Å². The van der Waals surface area contributed by atoms with Gasteiger partial charge in [-0.15, -0.1) is 0 Å². The highest BCUT2D eigenvalue weighted by atomic mass is 32.2. The smallest absolute Gasteiger partial charge is 0.241 e. The fourth-order valence-electron chi connectivity index (χ4n) is 2.21. The molecule has 0 saturated heterocycles. The highest BCUT2D eigenvalue weighted by molar-refractivity contribution is 7.89. The lowest BCUT2D eigenvalue weighted by Crippen LogP contribution is -2.48. The highest BCUT2D eigenvalue weighted by Crippen LogP contribution is 2.12. The molecular weight excluding hydrogens is 347 g/mol. The molecule has 0 aliphatic rings. The Morgan fingerprint density at radius 1 is 1.08 bits per heavy atom. The van der Waals surface area contributed by atoms with Gasteiger partial charge in [-0.3, -0.25) is 4.79 Å². The second-order valence-electron chi connectivity index (χ2n) is 5.33. The van der Waals surface area contributed by atoms with E-state index >= 15 is 0 Å². The molecule has 0 fully saturated rings. The van der Waals surface area contributed by atoms with Crippen LogP contribution in [0, 0.1) is 5.82 Å². The van der Waals surface area contributed by atoms with E-state index in [2.05, 4.69) is 10.0 Å². The summed E-state index contributed by atoms with van der Waals surface area (Å²) in [5.41, 5.74) is 0.772. The van der Waals surface area contributed by atoms with Crippen molar-refractivity contribution in [3.63, 3.8) is 0 Å². The molecule has 2 aromatic carbocycles. The predicted octanol–water partition coefficient (Wildman–Crippen LogP) is 0.824. The SMILES string of the molecule is O=C(NCCO)[C@@H](Cc1ccccc1)NS(=O)(=O)c1ccc(F)cc1. The monoisotopic (exact) mass is 366 g/mol. The van der Waals surface area contributed by atoms with Crippen molar-refractivity contribution < 1.29 is 22.7 Å². The molecule has 0 radical (unpaired) electrons. The first-order valence-corrected chi connectivity index (χ1v) is 9.11. The minimum absolute atomic E-state index is 0.0163. The summed E-state index contributed by atoms with van der Waals surface area (Å²) in [6, 6.07) is 12.2. The van der Waals surface area contributed by atoms with Crippen LogP contribution in [0.3, 0.4) is 0 Å². The van der Waals surface area contributed by atoms with Gasteiger partial charge >= 0.3 is 0 Å². The van der Waals surface area contributed by atoms with Crippen LogP contribution in [-0.2, 0) is 21.2 Å². The molecule has 3 N–H and O–H groups in total. The lowest BCUT2D eigenvalue weighted by molar-refractivity contribution is -0.122. The van der Waals surface area contributed by atoms with Crippen LogP contribution in [0.1, 0.15) is 5.56 Å². The number of halogens is 1. The van der Waals surface area contributed by atoms with Gasteiger partial charge in [0.05, 0.1) is 11.5 Å². The van der Waals surface area contributed by atoms with Crippen molar-refractivity contribution in [2.24, 2.45) is 0 Å². The first-order chi connectivity index (χ1) is 11.9. The Labute approximate surface area is 145 Å². The number of hydrogen-bond donors (Lipinski definition) is 3. The minimum atomic E-state index is -4.01. The number of benzene rings is 2. The van der Waals surface area contributed by atoms with Crippen molar-refractivity contribution in [1.29, 1.82) is 0 Å². The molecule has 0 aliphatic heterocycles. The third-order valence-corrected chi connectivity index (χ3v) is 4.92. The van der Waals surface area contributed by atoms with Crippen molar-refractivity contribution in [2.45, 2.75) is 17.4 Å². The van der Waals surface area contributed by atoms with Crippen molar-refractivity contribution in [3.05, 3.63) is 66.0 Å². The quantitative estimate of drug-likeness (QED) is 0.645. The molecule has 0 saturated carbocycles. The van der Waals surface area contributed by atoms with Gasteiger partial charge in [0.15, 0.2) is 0 Å². The maximum atomic E-state index is 13.0. The Balaban J connectivity index is 2.22. The van der Waals surface area contributed by atoms with E-state index in [-0.39, 0.29) is 24.5 Å². The van der Waals surface area contributed by atoms with E-state index in [1.165, 1.54) is 0 Å². The van der Waals surface area contributed by atoms with Gasteiger partial charge in [-0.25, -0.2) is 12.8 Å². The zero-order chi connectivity index (χ0) is 18.3. The fourth-order valence-corrected chi connectivity index (χ4v) is 3.40. The molecule has 1 atom stereocenters. The summed E-state index contributed by atoms with van der Waals surface area (Å²) in [4.78, 5) is 12.1. The van der Waals surface area contributed by atoms with Gasteiger partial charge in [0.2, 0.25) is 15.9 Å².